The third-order valence-corrected chi connectivity index (χ3v) is 3.56. The quantitative estimate of drug-likeness (QED) is 0.502. The topological polar surface area (TPSA) is 132 Å². The van der Waals surface area contributed by atoms with E-state index in [1.807, 2.05) is 0 Å². The summed E-state index contributed by atoms with van der Waals surface area (Å²) in [4.78, 5) is 38.0. The summed E-state index contributed by atoms with van der Waals surface area (Å²) in [6, 6.07) is 12.2. The molecule has 0 bridgehead atoms. The molecule has 1 heterocycles. The molecule has 0 radical (unpaired) electrons. The highest BCUT2D eigenvalue weighted by Crippen LogP contribution is 2.13. The molecule has 0 atom stereocenters. The molecule has 136 valence electrons. The van der Waals surface area contributed by atoms with Crippen LogP contribution in [0.5, 0.6) is 0 Å². The molecule has 2 amide bonds. The van der Waals surface area contributed by atoms with E-state index >= 15 is 0 Å². The molecule has 0 fully saturated rings. The van der Waals surface area contributed by atoms with Gasteiger partial charge in [0.1, 0.15) is 12.7 Å². The maximum absolute atomic E-state index is 12.0. The standard InChI is InChI=1S/C17H14N6O4/c24-16(9-19-17(25)12-2-1-3-15(8-12)23(26)27)21-13-4-6-14(7-5-13)22-11-18-10-20-22/h1-8,10-11H,9H2,(H,19,25)(H,21,24). The second-order valence-electron chi connectivity index (χ2n) is 5.43. The molecule has 2 aromatic carbocycles. The Bertz CT molecular complexity index is 969. The molecular weight excluding hydrogens is 352 g/mol. The van der Waals surface area contributed by atoms with Gasteiger partial charge in [0, 0.05) is 23.4 Å². The number of benzene rings is 2. The number of carbonyl (C=O) groups excluding carboxylic acids is 2. The average Bonchev–Trinajstić information content (AvgIpc) is 3.21. The third kappa shape index (κ3) is 4.51. The van der Waals surface area contributed by atoms with E-state index in [1.54, 1.807) is 35.3 Å². The molecule has 27 heavy (non-hydrogen) atoms. The van der Waals surface area contributed by atoms with Gasteiger partial charge in [-0.2, -0.15) is 5.10 Å². The van der Waals surface area contributed by atoms with Gasteiger partial charge in [-0.25, -0.2) is 9.67 Å². The fourth-order valence-corrected chi connectivity index (χ4v) is 2.27. The second-order valence-corrected chi connectivity index (χ2v) is 5.43. The Morgan fingerprint density at radius 3 is 2.59 bits per heavy atom. The van der Waals surface area contributed by atoms with Gasteiger partial charge in [-0.1, -0.05) is 6.07 Å². The summed E-state index contributed by atoms with van der Waals surface area (Å²) < 4.78 is 1.57. The minimum atomic E-state index is -0.591. The van der Waals surface area contributed by atoms with E-state index in [1.165, 1.54) is 24.5 Å². The van der Waals surface area contributed by atoms with Gasteiger partial charge in [0.15, 0.2) is 0 Å². The van der Waals surface area contributed by atoms with Crippen molar-refractivity contribution in [2.45, 2.75) is 0 Å². The normalized spacial score (nSPS) is 10.2. The predicted molar refractivity (Wildman–Crippen MR) is 95.4 cm³/mol. The maximum atomic E-state index is 12.0. The number of nitro groups is 1. The van der Waals surface area contributed by atoms with Crippen LogP contribution in [0, 0.1) is 10.1 Å². The number of hydrogen-bond acceptors (Lipinski definition) is 6. The summed E-state index contributed by atoms with van der Waals surface area (Å²) in [5.74, 6) is -1.00. The molecule has 2 N–H and O–H groups in total. The van der Waals surface area contributed by atoms with Crippen molar-refractivity contribution >= 4 is 23.2 Å². The smallest absolute Gasteiger partial charge is 0.270 e. The summed E-state index contributed by atoms with van der Waals surface area (Å²) in [5.41, 5.74) is 1.24. The molecule has 1 aromatic heterocycles. The van der Waals surface area contributed by atoms with Gasteiger partial charge in [0.2, 0.25) is 5.91 Å². The first-order valence-electron chi connectivity index (χ1n) is 7.80. The Morgan fingerprint density at radius 1 is 1.15 bits per heavy atom. The van der Waals surface area contributed by atoms with E-state index in [4.69, 9.17) is 0 Å². The van der Waals surface area contributed by atoms with Crippen LogP contribution in [0.3, 0.4) is 0 Å². The van der Waals surface area contributed by atoms with Crippen molar-refractivity contribution in [2.75, 3.05) is 11.9 Å². The number of rotatable bonds is 6. The number of carbonyl (C=O) groups is 2. The first kappa shape index (κ1) is 17.7. The summed E-state index contributed by atoms with van der Waals surface area (Å²) in [5, 5.41) is 19.8. The SMILES string of the molecule is O=C(CNC(=O)c1cccc([N+](=O)[O-])c1)Nc1ccc(-n2cncn2)cc1. The van der Waals surface area contributed by atoms with Crippen molar-refractivity contribution in [3.05, 3.63) is 76.9 Å². The number of aromatic nitrogens is 3. The number of amides is 2. The van der Waals surface area contributed by atoms with Crippen molar-refractivity contribution in [1.82, 2.24) is 20.1 Å². The molecule has 10 nitrogen and oxygen atoms in total. The van der Waals surface area contributed by atoms with E-state index in [0.29, 0.717) is 5.69 Å². The Labute approximate surface area is 153 Å². The van der Waals surface area contributed by atoms with Gasteiger partial charge in [-0.05, 0) is 30.3 Å². The minimum Gasteiger partial charge on any atom is -0.343 e. The Balaban J connectivity index is 1.54. The monoisotopic (exact) mass is 366 g/mol. The number of nitro benzene ring substituents is 1. The highest BCUT2D eigenvalue weighted by atomic mass is 16.6. The second kappa shape index (κ2) is 7.87. The van der Waals surface area contributed by atoms with Crippen LogP contribution in [0.15, 0.2) is 61.2 Å². The van der Waals surface area contributed by atoms with Crippen LogP contribution in [0.2, 0.25) is 0 Å². The van der Waals surface area contributed by atoms with E-state index in [9.17, 15) is 19.7 Å². The predicted octanol–water partition coefficient (Wildman–Crippen LogP) is 1.54. The van der Waals surface area contributed by atoms with E-state index in [2.05, 4.69) is 20.7 Å². The van der Waals surface area contributed by atoms with Crippen LogP contribution in [-0.4, -0.2) is 38.0 Å². The summed E-state index contributed by atoms with van der Waals surface area (Å²) in [6.45, 7) is -0.271. The van der Waals surface area contributed by atoms with Crippen LogP contribution in [0.25, 0.3) is 5.69 Å². The Morgan fingerprint density at radius 2 is 1.93 bits per heavy atom. The molecule has 10 heteroatoms. The van der Waals surface area contributed by atoms with Crippen molar-refractivity contribution in [1.29, 1.82) is 0 Å². The number of non-ortho nitro benzene ring substituents is 1. The van der Waals surface area contributed by atoms with Crippen LogP contribution >= 0.6 is 0 Å². The molecule has 0 saturated carbocycles. The van der Waals surface area contributed by atoms with E-state index < -0.39 is 16.7 Å². The van der Waals surface area contributed by atoms with Crippen molar-refractivity contribution in [2.24, 2.45) is 0 Å². The fourth-order valence-electron chi connectivity index (χ4n) is 2.27. The Kier molecular flexibility index (Phi) is 5.17. The lowest BCUT2D eigenvalue weighted by Gasteiger charge is -2.08. The zero-order valence-electron chi connectivity index (χ0n) is 13.9. The fraction of sp³-hybridized carbons (Fsp3) is 0.0588. The lowest BCUT2D eigenvalue weighted by Crippen LogP contribution is -2.32. The lowest BCUT2D eigenvalue weighted by atomic mass is 10.2. The molecule has 0 spiro atoms. The van der Waals surface area contributed by atoms with Gasteiger partial charge in [-0.15, -0.1) is 0 Å². The van der Waals surface area contributed by atoms with Gasteiger partial charge in [0.25, 0.3) is 11.6 Å². The minimum absolute atomic E-state index is 0.106. The van der Waals surface area contributed by atoms with Gasteiger partial charge in [0.05, 0.1) is 17.2 Å². The van der Waals surface area contributed by atoms with Gasteiger partial charge in [-0.3, -0.25) is 19.7 Å². The molecule has 0 saturated heterocycles. The van der Waals surface area contributed by atoms with Crippen LogP contribution in [0.4, 0.5) is 11.4 Å². The number of anilines is 1. The van der Waals surface area contributed by atoms with E-state index in [0.717, 1.165) is 11.8 Å². The highest BCUT2D eigenvalue weighted by molar-refractivity contribution is 5.99. The molecule has 0 aliphatic carbocycles. The zero-order valence-corrected chi connectivity index (χ0v) is 13.9. The molecule has 3 aromatic rings. The summed E-state index contributed by atoms with van der Waals surface area (Å²) >= 11 is 0. The summed E-state index contributed by atoms with van der Waals surface area (Å²) in [6.07, 6.45) is 2.97. The van der Waals surface area contributed by atoms with Crippen molar-refractivity contribution in [3.8, 4) is 5.69 Å². The molecule has 3 rings (SSSR count). The zero-order chi connectivity index (χ0) is 19.2. The highest BCUT2D eigenvalue weighted by Gasteiger charge is 2.12. The maximum Gasteiger partial charge on any atom is 0.270 e. The van der Waals surface area contributed by atoms with Crippen molar-refractivity contribution < 1.29 is 14.5 Å². The first-order valence-corrected chi connectivity index (χ1v) is 7.80. The molecule has 0 aliphatic heterocycles. The summed E-state index contributed by atoms with van der Waals surface area (Å²) in [7, 11) is 0. The molecular formula is C17H14N6O4. The van der Waals surface area contributed by atoms with Crippen LogP contribution in [-0.2, 0) is 4.79 Å². The van der Waals surface area contributed by atoms with Gasteiger partial charge >= 0.3 is 0 Å². The third-order valence-electron chi connectivity index (χ3n) is 3.56. The van der Waals surface area contributed by atoms with E-state index in [-0.39, 0.29) is 17.8 Å². The first-order chi connectivity index (χ1) is 13.0. The Hall–Kier alpha value is -4.08. The number of hydrogen-bond donors (Lipinski definition) is 2. The molecule has 0 aliphatic rings. The largest absolute Gasteiger partial charge is 0.343 e. The number of nitrogens with one attached hydrogen (secondary N) is 2. The molecule has 0 unspecified atom stereocenters. The van der Waals surface area contributed by atoms with Gasteiger partial charge < -0.3 is 10.6 Å². The van der Waals surface area contributed by atoms with Crippen LogP contribution < -0.4 is 10.6 Å². The van der Waals surface area contributed by atoms with Crippen molar-refractivity contribution in [3.63, 3.8) is 0 Å². The van der Waals surface area contributed by atoms with Crippen LogP contribution in [0.1, 0.15) is 10.4 Å². The lowest BCUT2D eigenvalue weighted by molar-refractivity contribution is -0.384. The number of nitrogens with zero attached hydrogens (tertiary/aromatic N) is 4. The average molecular weight is 366 g/mol.